The topological polar surface area (TPSA) is 17.1 Å². The van der Waals surface area contributed by atoms with Gasteiger partial charge in [0.25, 0.3) is 0 Å². The van der Waals surface area contributed by atoms with E-state index in [0.29, 0.717) is 21.2 Å². The van der Waals surface area contributed by atoms with Crippen molar-refractivity contribution in [1.82, 2.24) is 0 Å². The van der Waals surface area contributed by atoms with Crippen LogP contribution in [0.1, 0.15) is 21.5 Å². The van der Waals surface area contributed by atoms with Crippen LogP contribution in [0.15, 0.2) is 54.6 Å². The second-order valence-electron chi connectivity index (χ2n) is 4.94. The number of fused-ring (bicyclic) bond motifs is 1. The van der Waals surface area contributed by atoms with Crippen molar-refractivity contribution < 1.29 is 4.79 Å². The van der Waals surface area contributed by atoms with Gasteiger partial charge >= 0.3 is 0 Å². The van der Waals surface area contributed by atoms with Crippen LogP contribution in [0, 0.1) is 6.92 Å². The molecule has 0 saturated carbocycles. The van der Waals surface area contributed by atoms with Crippen molar-refractivity contribution in [3.05, 3.63) is 81.3 Å². The van der Waals surface area contributed by atoms with Gasteiger partial charge in [0.05, 0.1) is 10.0 Å². The first kappa shape index (κ1) is 14.1. The molecule has 0 aliphatic heterocycles. The summed E-state index contributed by atoms with van der Waals surface area (Å²) < 4.78 is 0. The summed E-state index contributed by atoms with van der Waals surface area (Å²) in [6.07, 6.45) is 0. The van der Waals surface area contributed by atoms with Gasteiger partial charge in [-0.05, 0) is 41.5 Å². The molecule has 3 aromatic rings. The SMILES string of the molecule is Cc1ccc2ccccc2c1C(=O)c1ccc(Cl)c(Cl)c1. The van der Waals surface area contributed by atoms with Crippen LogP contribution in [-0.2, 0) is 0 Å². The van der Waals surface area contributed by atoms with E-state index in [1.165, 1.54) is 0 Å². The zero-order chi connectivity index (χ0) is 15.0. The number of hydrogen-bond donors (Lipinski definition) is 0. The van der Waals surface area contributed by atoms with Crippen molar-refractivity contribution in [2.24, 2.45) is 0 Å². The van der Waals surface area contributed by atoms with Gasteiger partial charge in [-0.1, -0.05) is 59.6 Å². The third kappa shape index (κ3) is 2.55. The molecular formula is C18H12Cl2O. The second-order valence-corrected chi connectivity index (χ2v) is 5.75. The summed E-state index contributed by atoms with van der Waals surface area (Å²) in [5, 5.41) is 2.84. The molecule has 0 saturated heterocycles. The molecule has 0 fully saturated rings. The molecular weight excluding hydrogens is 303 g/mol. The highest BCUT2D eigenvalue weighted by Gasteiger charge is 2.16. The Morgan fingerprint density at radius 1 is 0.905 bits per heavy atom. The Labute approximate surface area is 133 Å². The summed E-state index contributed by atoms with van der Waals surface area (Å²) >= 11 is 11.9. The molecule has 0 amide bonds. The van der Waals surface area contributed by atoms with Gasteiger partial charge in [0.2, 0.25) is 0 Å². The lowest BCUT2D eigenvalue weighted by atomic mass is 9.93. The summed E-state index contributed by atoms with van der Waals surface area (Å²) in [7, 11) is 0. The fraction of sp³-hybridized carbons (Fsp3) is 0.0556. The third-order valence-corrected chi connectivity index (χ3v) is 4.29. The molecule has 1 nitrogen and oxygen atoms in total. The highest BCUT2D eigenvalue weighted by Crippen LogP contribution is 2.28. The Morgan fingerprint density at radius 2 is 1.67 bits per heavy atom. The van der Waals surface area contributed by atoms with Crippen molar-refractivity contribution >= 4 is 39.8 Å². The Morgan fingerprint density at radius 3 is 2.43 bits per heavy atom. The van der Waals surface area contributed by atoms with E-state index < -0.39 is 0 Å². The van der Waals surface area contributed by atoms with Crippen molar-refractivity contribution in [3.63, 3.8) is 0 Å². The van der Waals surface area contributed by atoms with Crippen LogP contribution in [0.2, 0.25) is 10.0 Å². The molecule has 0 bridgehead atoms. The van der Waals surface area contributed by atoms with Crippen molar-refractivity contribution in [1.29, 1.82) is 0 Å². The highest BCUT2D eigenvalue weighted by molar-refractivity contribution is 6.42. The lowest BCUT2D eigenvalue weighted by molar-refractivity contribution is 0.104. The van der Waals surface area contributed by atoms with Gasteiger partial charge in [-0.25, -0.2) is 0 Å². The van der Waals surface area contributed by atoms with Gasteiger partial charge in [-0.3, -0.25) is 4.79 Å². The van der Waals surface area contributed by atoms with Crippen LogP contribution >= 0.6 is 23.2 Å². The number of aryl methyl sites for hydroxylation is 1. The van der Waals surface area contributed by atoms with Crippen LogP contribution in [0.25, 0.3) is 10.8 Å². The van der Waals surface area contributed by atoms with Crippen LogP contribution < -0.4 is 0 Å². The van der Waals surface area contributed by atoms with Gasteiger partial charge < -0.3 is 0 Å². The van der Waals surface area contributed by atoms with E-state index in [0.717, 1.165) is 16.3 Å². The maximum Gasteiger partial charge on any atom is 0.193 e. The van der Waals surface area contributed by atoms with Crippen LogP contribution in [-0.4, -0.2) is 5.78 Å². The molecule has 0 atom stereocenters. The lowest BCUT2D eigenvalue weighted by Gasteiger charge is -2.10. The van der Waals surface area contributed by atoms with Gasteiger partial charge in [-0.15, -0.1) is 0 Å². The maximum absolute atomic E-state index is 12.8. The summed E-state index contributed by atoms with van der Waals surface area (Å²) in [6, 6.07) is 16.8. The Kier molecular flexibility index (Phi) is 3.71. The van der Waals surface area contributed by atoms with Gasteiger partial charge in [0, 0.05) is 11.1 Å². The molecule has 3 heteroatoms. The quantitative estimate of drug-likeness (QED) is 0.556. The Balaban J connectivity index is 2.21. The molecule has 0 radical (unpaired) electrons. The second kappa shape index (κ2) is 5.51. The number of ketones is 1. The van der Waals surface area contributed by atoms with Crippen LogP contribution in [0.3, 0.4) is 0 Å². The number of carbonyl (C=O) groups is 1. The minimum Gasteiger partial charge on any atom is -0.289 e. The normalized spacial score (nSPS) is 10.8. The molecule has 0 unspecified atom stereocenters. The number of hydrogen-bond acceptors (Lipinski definition) is 1. The first-order valence-electron chi connectivity index (χ1n) is 6.56. The van der Waals surface area contributed by atoms with E-state index in [4.69, 9.17) is 23.2 Å². The summed E-state index contributed by atoms with van der Waals surface area (Å²) in [5.41, 5.74) is 2.21. The molecule has 21 heavy (non-hydrogen) atoms. The smallest absolute Gasteiger partial charge is 0.193 e. The van der Waals surface area contributed by atoms with Gasteiger partial charge in [0.1, 0.15) is 0 Å². The van der Waals surface area contributed by atoms with E-state index in [-0.39, 0.29) is 5.78 Å². The van der Waals surface area contributed by atoms with E-state index >= 15 is 0 Å². The van der Waals surface area contributed by atoms with E-state index in [9.17, 15) is 4.79 Å². The minimum absolute atomic E-state index is 0.0390. The van der Waals surface area contributed by atoms with Gasteiger partial charge in [-0.2, -0.15) is 0 Å². The fourth-order valence-electron chi connectivity index (χ4n) is 2.46. The highest BCUT2D eigenvalue weighted by atomic mass is 35.5. The number of rotatable bonds is 2. The summed E-state index contributed by atoms with van der Waals surface area (Å²) in [5.74, 6) is -0.0390. The van der Waals surface area contributed by atoms with E-state index in [2.05, 4.69) is 0 Å². The van der Waals surface area contributed by atoms with E-state index in [1.54, 1.807) is 18.2 Å². The monoisotopic (exact) mass is 314 g/mol. The van der Waals surface area contributed by atoms with Gasteiger partial charge in [0.15, 0.2) is 5.78 Å². The predicted molar refractivity (Wildman–Crippen MR) is 88.6 cm³/mol. The molecule has 0 spiro atoms. The number of halogens is 2. The Hall–Kier alpha value is -1.83. The largest absolute Gasteiger partial charge is 0.289 e. The molecule has 0 N–H and O–H groups in total. The molecule has 104 valence electrons. The maximum atomic E-state index is 12.8. The van der Waals surface area contributed by atoms with Crippen LogP contribution in [0.5, 0.6) is 0 Å². The summed E-state index contributed by atoms with van der Waals surface area (Å²) in [6.45, 7) is 1.94. The average molecular weight is 315 g/mol. The van der Waals surface area contributed by atoms with Crippen LogP contribution in [0.4, 0.5) is 0 Å². The van der Waals surface area contributed by atoms with Crippen molar-refractivity contribution in [3.8, 4) is 0 Å². The molecule has 3 rings (SSSR count). The predicted octanol–water partition coefficient (Wildman–Crippen LogP) is 5.69. The molecule has 0 aliphatic carbocycles. The third-order valence-electron chi connectivity index (χ3n) is 3.55. The lowest BCUT2D eigenvalue weighted by Crippen LogP contribution is -2.04. The average Bonchev–Trinajstić information content (AvgIpc) is 2.49. The first-order chi connectivity index (χ1) is 10.1. The standard InChI is InChI=1S/C18H12Cl2O/c1-11-6-7-12-4-2-3-5-14(12)17(11)18(21)13-8-9-15(19)16(20)10-13/h2-10H,1H3. The molecule has 0 aromatic heterocycles. The van der Waals surface area contributed by atoms with Crippen molar-refractivity contribution in [2.45, 2.75) is 6.92 Å². The Bertz CT molecular complexity index is 853. The molecule has 3 aromatic carbocycles. The number of carbonyl (C=O) groups excluding carboxylic acids is 1. The first-order valence-corrected chi connectivity index (χ1v) is 7.31. The minimum atomic E-state index is -0.0390. The zero-order valence-corrected chi connectivity index (χ0v) is 12.9. The summed E-state index contributed by atoms with van der Waals surface area (Å²) in [4.78, 5) is 12.8. The molecule has 0 heterocycles. The fourth-order valence-corrected chi connectivity index (χ4v) is 2.76. The zero-order valence-electron chi connectivity index (χ0n) is 11.4. The van der Waals surface area contributed by atoms with E-state index in [1.807, 2.05) is 43.3 Å². The molecule has 0 aliphatic rings. The number of benzene rings is 3. The van der Waals surface area contributed by atoms with Crippen molar-refractivity contribution in [2.75, 3.05) is 0 Å².